The fourth-order valence-corrected chi connectivity index (χ4v) is 10.6. The number of amides is 4. The van der Waals surface area contributed by atoms with Gasteiger partial charge in [-0.3, -0.25) is 19.8 Å². The number of benzene rings is 3. The van der Waals surface area contributed by atoms with E-state index in [4.69, 9.17) is 9.47 Å². The molecule has 4 aromatic rings. The number of ether oxygens (including phenoxy) is 2. The second-order valence-electron chi connectivity index (χ2n) is 18.0. The van der Waals surface area contributed by atoms with E-state index < -0.39 is 28.5 Å². The maximum Gasteiger partial charge on any atom is 0.328 e. The molecule has 3 saturated heterocycles. The average molecular weight is 822 g/mol. The summed E-state index contributed by atoms with van der Waals surface area (Å²) < 4.78 is 44.8. The number of aromatic nitrogens is 1. The van der Waals surface area contributed by atoms with Crippen LogP contribution in [-0.4, -0.2) is 85.8 Å². The summed E-state index contributed by atoms with van der Waals surface area (Å²) in [4.78, 5) is 43.7. The summed E-state index contributed by atoms with van der Waals surface area (Å²) in [5.74, 6) is -0.0772. The van der Waals surface area contributed by atoms with Crippen LogP contribution in [0.25, 0.3) is 10.9 Å². The molecule has 4 fully saturated rings. The van der Waals surface area contributed by atoms with Crippen LogP contribution in [0, 0.1) is 39.7 Å². The molecule has 0 spiro atoms. The smallest absolute Gasteiger partial charge is 0.328 e. The molecule has 316 valence electrons. The summed E-state index contributed by atoms with van der Waals surface area (Å²) in [5.41, 5.74) is 1.40. The Morgan fingerprint density at radius 1 is 0.917 bits per heavy atom. The van der Waals surface area contributed by atoms with Crippen LogP contribution in [-0.2, 0) is 4.79 Å². The van der Waals surface area contributed by atoms with E-state index in [0.717, 1.165) is 63.9 Å². The first kappa shape index (κ1) is 41.1. The lowest BCUT2D eigenvalue weighted by Gasteiger charge is -2.63. The van der Waals surface area contributed by atoms with Gasteiger partial charge in [0.25, 0.3) is 5.91 Å². The van der Waals surface area contributed by atoms with Crippen molar-refractivity contribution in [3.63, 3.8) is 0 Å². The number of halogens is 2. The first-order valence-electron chi connectivity index (χ1n) is 20.9. The molecule has 8 rings (SSSR count). The maximum absolute atomic E-state index is 15.7. The van der Waals surface area contributed by atoms with Crippen LogP contribution in [0.4, 0.5) is 25.0 Å². The molecular formula is C46H53F2N7O5. The predicted molar refractivity (Wildman–Crippen MR) is 224 cm³/mol. The molecule has 2 N–H and O–H groups in total. The lowest BCUT2D eigenvalue weighted by Crippen LogP contribution is -2.74. The fraction of sp³-hybridized carbons (Fsp3) is 0.478. The number of nitrogens with one attached hydrogen (secondary N) is 2. The van der Waals surface area contributed by atoms with Crippen LogP contribution < -0.4 is 29.9 Å². The lowest BCUT2D eigenvalue weighted by atomic mass is 9.49. The van der Waals surface area contributed by atoms with Gasteiger partial charge in [0.2, 0.25) is 5.91 Å². The van der Waals surface area contributed by atoms with Crippen molar-refractivity contribution >= 4 is 40.1 Å². The summed E-state index contributed by atoms with van der Waals surface area (Å²) in [7, 11) is 1.51. The molecule has 3 aromatic carbocycles. The van der Waals surface area contributed by atoms with Gasteiger partial charge in [-0.25, -0.2) is 13.6 Å². The van der Waals surface area contributed by atoms with Gasteiger partial charge in [-0.05, 0) is 80.1 Å². The minimum absolute atomic E-state index is 0.127. The highest BCUT2D eigenvalue weighted by atomic mass is 19.1. The molecule has 0 atom stereocenters. The zero-order valence-electron chi connectivity index (χ0n) is 34.9. The Hall–Kier alpha value is -5.68. The van der Waals surface area contributed by atoms with Crippen molar-refractivity contribution in [3.05, 3.63) is 83.6 Å². The number of rotatable bonds is 10. The SMILES string of the molecule is COc1cc(OC2C(C)(C)C(NC(=O)c3ccc(N4CCC(CN5CCC(n6ccc7c(N8CCC(=O)NC8=O)c(F)ccc76)CC5)CC4)c(F)c3)C2(C)C)ccc1C#N. The Bertz CT molecular complexity index is 2340. The highest BCUT2D eigenvalue weighted by Gasteiger charge is 2.64. The van der Waals surface area contributed by atoms with E-state index in [-0.39, 0.29) is 54.2 Å². The maximum atomic E-state index is 15.7. The van der Waals surface area contributed by atoms with Crippen molar-refractivity contribution in [3.8, 4) is 17.6 Å². The third kappa shape index (κ3) is 7.53. The molecule has 4 heterocycles. The van der Waals surface area contributed by atoms with Gasteiger partial charge < -0.3 is 29.2 Å². The number of imide groups is 1. The van der Waals surface area contributed by atoms with Gasteiger partial charge in [-0.2, -0.15) is 5.26 Å². The number of carbonyl (C=O) groups excluding carboxylic acids is 3. The number of nitrogens with zero attached hydrogens (tertiary/aromatic N) is 5. The predicted octanol–water partition coefficient (Wildman–Crippen LogP) is 7.41. The van der Waals surface area contributed by atoms with Crippen LogP contribution in [0.15, 0.2) is 60.8 Å². The van der Waals surface area contributed by atoms with Crippen LogP contribution in [0.5, 0.6) is 11.5 Å². The zero-order valence-corrected chi connectivity index (χ0v) is 34.9. The van der Waals surface area contributed by atoms with Gasteiger partial charge in [0, 0.05) is 91.8 Å². The molecule has 4 aliphatic rings. The highest BCUT2D eigenvalue weighted by molar-refractivity contribution is 6.09. The Balaban J connectivity index is 0.822. The Labute approximate surface area is 349 Å². The van der Waals surface area contributed by atoms with Crippen molar-refractivity contribution in [1.82, 2.24) is 20.1 Å². The minimum Gasteiger partial charge on any atom is -0.495 e. The first-order chi connectivity index (χ1) is 28.7. The van der Waals surface area contributed by atoms with Crippen LogP contribution >= 0.6 is 0 Å². The van der Waals surface area contributed by atoms with Gasteiger partial charge in [-0.15, -0.1) is 0 Å². The average Bonchev–Trinajstić information content (AvgIpc) is 3.66. The zero-order chi connectivity index (χ0) is 42.5. The number of piperidine rings is 2. The summed E-state index contributed by atoms with van der Waals surface area (Å²) in [6.07, 6.45) is 5.63. The number of fused-ring (bicyclic) bond motifs is 1. The van der Waals surface area contributed by atoms with Crippen LogP contribution in [0.3, 0.4) is 0 Å². The van der Waals surface area contributed by atoms with Crippen molar-refractivity contribution in [1.29, 1.82) is 5.26 Å². The number of urea groups is 1. The van der Waals surface area contributed by atoms with Gasteiger partial charge in [-0.1, -0.05) is 27.7 Å². The molecule has 1 aliphatic carbocycles. The number of methoxy groups -OCH3 is 1. The van der Waals surface area contributed by atoms with E-state index >= 15 is 8.78 Å². The van der Waals surface area contributed by atoms with Crippen molar-refractivity contribution in [2.75, 3.05) is 56.2 Å². The van der Waals surface area contributed by atoms with E-state index in [1.165, 1.54) is 24.1 Å². The molecule has 1 aromatic heterocycles. The third-order valence-corrected chi connectivity index (χ3v) is 13.4. The van der Waals surface area contributed by atoms with Crippen LogP contribution in [0.2, 0.25) is 0 Å². The topological polar surface area (TPSA) is 132 Å². The van der Waals surface area contributed by atoms with Gasteiger partial charge in [0.05, 0.1) is 29.6 Å². The van der Waals surface area contributed by atoms with E-state index in [1.54, 1.807) is 36.4 Å². The third-order valence-electron chi connectivity index (χ3n) is 13.4. The molecule has 0 bridgehead atoms. The summed E-state index contributed by atoms with van der Waals surface area (Å²) >= 11 is 0. The second-order valence-corrected chi connectivity index (χ2v) is 18.0. The molecule has 14 heteroatoms. The quantitative estimate of drug-likeness (QED) is 0.169. The van der Waals surface area contributed by atoms with Crippen molar-refractivity contribution < 1.29 is 32.6 Å². The summed E-state index contributed by atoms with van der Waals surface area (Å²) in [5, 5.41) is 15.5. The number of likely N-dealkylation sites (tertiary alicyclic amines) is 1. The largest absolute Gasteiger partial charge is 0.495 e. The number of hydrogen-bond donors (Lipinski definition) is 2. The fourth-order valence-electron chi connectivity index (χ4n) is 10.6. The van der Waals surface area contributed by atoms with E-state index in [1.807, 2.05) is 40.0 Å². The minimum atomic E-state index is -0.600. The summed E-state index contributed by atoms with van der Waals surface area (Å²) in [6, 6.07) is 16.4. The van der Waals surface area contributed by atoms with Gasteiger partial charge in [0.1, 0.15) is 35.3 Å². The van der Waals surface area contributed by atoms with E-state index in [0.29, 0.717) is 34.1 Å². The van der Waals surface area contributed by atoms with E-state index in [9.17, 15) is 19.6 Å². The van der Waals surface area contributed by atoms with Gasteiger partial charge in [0.15, 0.2) is 0 Å². The van der Waals surface area contributed by atoms with Crippen molar-refractivity contribution in [2.45, 2.75) is 78.0 Å². The van der Waals surface area contributed by atoms with Crippen molar-refractivity contribution in [2.24, 2.45) is 16.7 Å². The molecule has 3 aliphatic heterocycles. The molecule has 12 nitrogen and oxygen atoms in total. The molecule has 0 radical (unpaired) electrons. The number of nitriles is 1. The van der Waals surface area contributed by atoms with Gasteiger partial charge >= 0.3 is 6.03 Å². The number of hydrogen-bond acceptors (Lipinski definition) is 8. The lowest BCUT2D eigenvalue weighted by molar-refractivity contribution is -0.164. The Morgan fingerprint density at radius 2 is 1.65 bits per heavy atom. The molecule has 0 unspecified atom stereocenters. The molecule has 60 heavy (non-hydrogen) atoms. The Kier molecular flexibility index (Phi) is 11.0. The summed E-state index contributed by atoms with van der Waals surface area (Å²) in [6.45, 7) is 12.6. The second kappa shape index (κ2) is 16.1. The monoisotopic (exact) mass is 821 g/mol. The normalized spacial score (nSPS) is 22.2. The standard InChI is InChI=1S/C46H53F2N7O5/c1-45(2)42(46(3,4)43(45)60-32-8-6-30(26-49)38(25-32)59-5)51-41(57)29-7-10-37(35(48)24-29)53-20-12-28(13-21-53)27-52-18-14-31(15-19-52)54-22-16-33-36(54)11-9-34(47)40(33)55-23-17-39(56)50-44(55)58/h6-11,16,22,24-25,28,31,42-43H,12-15,17-21,23,27H2,1-5H3,(H,51,57)(H,50,56,58). The number of anilines is 2. The molecular weight excluding hydrogens is 769 g/mol. The number of carbonyl (C=O) groups is 3. The van der Waals surface area contributed by atoms with Crippen LogP contribution in [0.1, 0.15) is 81.8 Å². The molecule has 1 saturated carbocycles. The first-order valence-corrected chi connectivity index (χ1v) is 20.9. The highest BCUT2D eigenvalue weighted by Crippen LogP contribution is 2.55. The molecule has 4 amide bonds. The Morgan fingerprint density at radius 3 is 2.32 bits per heavy atom. The van der Waals surface area contributed by atoms with E-state index in [2.05, 4.69) is 31.1 Å².